The summed E-state index contributed by atoms with van der Waals surface area (Å²) >= 11 is 5.90. The molecule has 2 nitrogen and oxygen atoms in total. The van der Waals surface area contributed by atoms with Crippen LogP contribution in [0.1, 0.15) is 27.2 Å². The summed E-state index contributed by atoms with van der Waals surface area (Å²) in [5, 5.41) is 0.697. The van der Waals surface area contributed by atoms with E-state index >= 15 is 0 Å². The first-order valence-electron chi connectivity index (χ1n) is 5.99. The second kappa shape index (κ2) is 6.27. The van der Waals surface area contributed by atoms with E-state index in [-0.39, 0.29) is 5.41 Å². The standard InChI is InChI=1S/C14H22ClNO/c1-14(2,3)8-11(9-16)10-17-13-6-4-5-12(15)7-13/h4-7,11H,8-10,16H2,1-3H3. The van der Waals surface area contributed by atoms with E-state index in [1.165, 1.54) is 0 Å². The number of nitrogens with two attached hydrogens (primary N) is 1. The molecule has 1 aromatic carbocycles. The van der Waals surface area contributed by atoms with Gasteiger partial charge in [0.25, 0.3) is 0 Å². The van der Waals surface area contributed by atoms with Crippen LogP contribution in [0.15, 0.2) is 24.3 Å². The summed E-state index contributed by atoms with van der Waals surface area (Å²) in [6.07, 6.45) is 1.06. The molecule has 0 saturated carbocycles. The van der Waals surface area contributed by atoms with Crippen molar-refractivity contribution >= 4 is 11.6 Å². The molecular weight excluding hydrogens is 234 g/mol. The van der Waals surface area contributed by atoms with E-state index in [0.717, 1.165) is 12.2 Å². The van der Waals surface area contributed by atoms with Gasteiger partial charge in [0.1, 0.15) is 5.75 Å². The third-order valence-corrected chi connectivity index (χ3v) is 2.75. The Morgan fingerprint density at radius 2 is 2.06 bits per heavy atom. The molecular formula is C14H22ClNO. The molecule has 0 spiro atoms. The lowest BCUT2D eigenvalue weighted by Gasteiger charge is -2.25. The van der Waals surface area contributed by atoms with Crippen LogP contribution >= 0.6 is 11.6 Å². The number of benzene rings is 1. The summed E-state index contributed by atoms with van der Waals surface area (Å²) in [7, 11) is 0. The Balaban J connectivity index is 2.48. The molecule has 96 valence electrons. The minimum Gasteiger partial charge on any atom is -0.493 e. The zero-order valence-electron chi connectivity index (χ0n) is 10.9. The van der Waals surface area contributed by atoms with Crippen LogP contribution in [-0.4, -0.2) is 13.2 Å². The predicted molar refractivity (Wildman–Crippen MR) is 73.6 cm³/mol. The van der Waals surface area contributed by atoms with Crippen LogP contribution in [0.3, 0.4) is 0 Å². The van der Waals surface area contributed by atoms with Crippen molar-refractivity contribution in [3.05, 3.63) is 29.3 Å². The van der Waals surface area contributed by atoms with Gasteiger partial charge in [-0.1, -0.05) is 38.4 Å². The Hall–Kier alpha value is -0.730. The first-order valence-corrected chi connectivity index (χ1v) is 6.37. The Morgan fingerprint density at radius 1 is 1.35 bits per heavy atom. The van der Waals surface area contributed by atoms with Crippen LogP contribution in [0.5, 0.6) is 5.75 Å². The molecule has 0 amide bonds. The summed E-state index contributed by atoms with van der Waals surface area (Å²) in [6.45, 7) is 7.95. The Labute approximate surface area is 109 Å². The second-order valence-electron chi connectivity index (χ2n) is 5.63. The molecule has 0 bridgehead atoms. The lowest BCUT2D eigenvalue weighted by molar-refractivity contribution is 0.199. The van der Waals surface area contributed by atoms with Crippen LogP contribution < -0.4 is 10.5 Å². The molecule has 17 heavy (non-hydrogen) atoms. The summed E-state index contributed by atoms with van der Waals surface area (Å²) in [6, 6.07) is 7.46. The van der Waals surface area contributed by atoms with Gasteiger partial charge in [-0.05, 0) is 36.6 Å². The molecule has 0 radical (unpaired) electrons. The minimum absolute atomic E-state index is 0.279. The van der Waals surface area contributed by atoms with Gasteiger partial charge in [0.2, 0.25) is 0 Å². The predicted octanol–water partition coefficient (Wildman–Crippen LogP) is 3.73. The molecule has 0 aliphatic carbocycles. The van der Waals surface area contributed by atoms with Crippen molar-refractivity contribution in [2.75, 3.05) is 13.2 Å². The number of halogens is 1. The van der Waals surface area contributed by atoms with E-state index in [9.17, 15) is 0 Å². The lowest BCUT2D eigenvalue weighted by Crippen LogP contribution is -2.26. The molecule has 0 aliphatic heterocycles. The van der Waals surface area contributed by atoms with Gasteiger partial charge >= 0.3 is 0 Å². The van der Waals surface area contributed by atoms with Crippen LogP contribution in [-0.2, 0) is 0 Å². The van der Waals surface area contributed by atoms with Crippen LogP contribution in [0.25, 0.3) is 0 Å². The average Bonchev–Trinajstić information content (AvgIpc) is 2.23. The van der Waals surface area contributed by atoms with Gasteiger partial charge in [0.15, 0.2) is 0 Å². The molecule has 0 fully saturated rings. The third-order valence-electron chi connectivity index (χ3n) is 2.52. The van der Waals surface area contributed by atoms with Crippen molar-refractivity contribution in [2.24, 2.45) is 17.1 Å². The normalized spacial score (nSPS) is 13.5. The number of ether oxygens (including phenoxy) is 1. The zero-order chi connectivity index (χ0) is 12.9. The van der Waals surface area contributed by atoms with Gasteiger partial charge in [-0.2, -0.15) is 0 Å². The Kier molecular flexibility index (Phi) is 5.29. The van der Waals surface area contributed by atoms with E-state index < -0.39 is 0 Å². The molecule has 1 rings (SSSR count). The smallest absolute Gasteiger partial charge is 0.120 e. The van der Waals surface area contributed by atoms with Crippen molar-refractivity contribution in [1.82, 2.24) is 0 Å². The maximum atomic E-state index is 5.90. The first-order chi connectivity index (χ1) is 7.90. The average molecular weight is 256 g/mol. The molecule has 1 atom stereocenters. The van der Waals surface area contributed by atoms with Crippen molar-refractivity contribution in [2.45, 2.75) is 27.2 Å². The fraction of sp³-hybridized carbons (Fsp3) is 0.571. The molecule has 2 N–H and O–H groups in total. The number of hydrogen-bond donors (Lipinski definition) is 1. The van der Waals surface area contributed by atoms with Gasteiger partial charge in [-0.3, -0.25) is 0 Å². The zero-order valence-corrected chi connectivity index (χ0v) is 11.6. The summed E-state index contributed by atoms with van der Waals surface area (Å²) < 4.78 is 5.72. The largest absolute Gasteiger partial charge is 0.493 e. The maximum Gasteiger partial charge on any atom is 0.120 e. The highest BCUT2D eigenvalue weighted by Crippen LogP contribution is 2.25. The van der Waals surface area contributed by atoms with Crippen LogP contribution in [0.2, 0.25) is 5.02 Å². The van der Waals surface area contributed by atoms with E-state index in [1.54, 1.807) is 0 Å². The molecule has 1 unspecified atom stereocenters. The molecule has 1 aromatic rings. The second-order valence-corrected chi connectivity index (χ2v) is 6.07. The monoisotopic (exact) mass is 255 g/mol. The van der Waals surface area contributed by atoms with Gasteiger partial charge < -0.3 is 10.5 Å². The molecule has 3 heteroatoms. The Morgan fingerprint density at radius 3 is 2.59 bits per heavy atom. The van der Waals surface area contributed by atoms with Crippen molar-refractivity contribution < 1.29 is 4.74 Å². The lowest BCUT2D eigenvalue weighted by atomic mass is 9.85. The fourth-order valence-electron chi connectivity index (χ4n) is 1.85. The van der Waals surface area contributed by atoms with Crippen molar-refractivity contribution in [3.63, 3.8) is 0 Å². The van der Waals surface area contributed by atoms with Gasteiger partial charge in [-0.25, -0.2) is 0 Å². The summed E-state index contributed by atoms with van der Waals surface area (Å²) in [5.74, 6) is 1.19. The van der Waals surface area contributed by atoms with Crippen LogP contribution in [0.4, 0.5) is 0 Å². The van der Waals surface area contributed by atoms with Gasteiger partial charge in [0.05, 0.1) is 6.61 Å². The number of hydrogen-bond acceptors (Lipinski definition) is 2. The van der Waals surface area contributed by atoms with Crippen molar-refractivity contribution in [3.8, 4) is 5.75 Å². The molecule has 0 aliphatic rings. The third kappa shape index (κ3) is 5.94. The fourth-order valence-corrected chi connectivity index (χ4v) is 2.03. The van der Waals surface area contributed by atoms with Gasteiger partial charge in [0, 0.05) is 10.9 Å². The SMILES string of the molecule is CC(C)(C)CC(CN)COc1cccc(Cl)c1. The quantitative estimate of drug-likeness (QED) is 0.870. The van der Waals surface area contributed by atoms with E-state index in [1.807, 2.05) is 24.3 Å². The van der Waals surface area contributed by atoms with E-state index in [0.29, 0.717) is 24.1 Å². The highest BCUT2D eigenvalue weighted by Gasteiger charge is 2.18. The van der Waals surface area contributed by atoms with Crippen molar-refractivity contribution in [1.29, 1.82) is 0 Å². The molecule has 0 heterocycles. The van der Waals surface area contributed by atoms with Gasteiger partial charge in [-0.15, -0.1) is 0 Å². The maximum absolute atomic E-state index is 5.90. The summed E-state index contributed by atoms with van der Waals surface area (Å²) in [5.41, 5.74) is 6.05. The highest BCUT2D eigenvalue weighted by atomic mass is 35.5. The molecule has 0 aromatic heterocycles. The van der Waals surface area contributed by atoms with E-state index in [4.69, 9.17) is 22.1 Å². The first kappa shape index (κ1) is 14.3. The summed E-state index contributed by atoms with van der Waals surface area (Å²) in [4.78, 5) is 0. The van der Waals surface area contributed by atoms with E-state index in [2.05, 4.69) is 20.8 Å². The minimum atomic E-state index is 0.279. The number of rotatable bonds is 5. The van der Waals surface area contributed by atoms with Crippen LogP contribution in [0, 0.1) is 11.3 Å². The molecule has 0 saturated heterocycles. The topological polar surface area (TPSA) is 35.2 Å². The Bertz CT molecular complexity index is 346. The highest BCUT2D eigenvalue weighted by molar-refractivity contribution is 6.30.